The topological polar surface area (TPSA) is 274 Å². The molecule has 2 aromatic carbocycles. The number of carbonyl (C=O) groups excluding carboxylic acids is 2. The highest BCUT2D eigenvalue weighted by molar-refractivity contribution is 7.89. The Morgan fingerprint density at radius 2 is 0.981 bits per heavy atom. The molecular formula is C32H32N6O12S4. The fourth-order valence-corrected chi connectivity index (χ4v) is 8.83. The number of carboxylic acid groups (broad SMARTS) is 2. The van der Waals surface area contributed by atoms with Crippen molar-refractivity contribution < 1.29 is 56.4 Å². The number of aliphatic carboxylic acids is 2. The van der Waals surface area contributed by atoms with Gasteiger partial charge in [0.05, 0.1) is 22.6 Å². The molecule has 54 heavy (non-hydrogen) atoms. The number of anilines is 2. The van der Waals surface area contributed by atoms with Crippen LogP contribution in [-0.4, -0.2) is 93.7 Å². The number of aryl methyl sites for hydroxylation is 2. The number of nitrogens with one attached hydrogen (secondary N) is 2. The van der Waals surface area contributed by atoms with Crippen LogP contribution in [0.5, 0.6) is 0 Å². The van der Waals surface area contributed by atoms with Crippen LogP contribution in [0.4, 0.5) is 10.3 Å². The van der Waals surface area contributed by atoms with Crippen molar-refractivity contribution in [3.05, 3.63) is 93.2 Å². The standard InChI is InChI=1S/2C14H13N3O4S2.C4H6O4/c2*1-8-7-15-14(22-8)16-13(19)11-12(18)9-5-3-4-6-10(9)23(20,21)17(11)2;5-3(6)1-2-4(7)8/h2*3-7,18H,1-2H3,(H,15,16,19);1-2H2,(H,5,6)(H,7,8). The molecule has 0 spiro atoms. The molecule has 6 N–H and O–H groups in total. The summed E-state index contributed by atoms with van der Waals surface area (Å²) >= 11 is 2.51. The van der Waals surface area contributed by atoms with Gasteiger partial charge < -0.3 is 20.4 Å². The highest BCUT2D eigenvalue weighted by Gasteiger charge is 2.39. The average molecular weight is 821 g/mol. The van der Waals surface area contributed by atoms with Gasteiger partial charge in [0.15, 0.2) is 33.2 Å². The first-order valence-electron chi connectivity index (χ1n) is 15.2. The van der Waals surface area contributed by atoms with E-state index in [1.165, 1.54) is 61.0 Å². The lowest BCUT2D eigenvalue weighted by molar-refractivity contribution is -0.143. The van der Waals surface area contributed by atoms with Gasteiger partial charge in [0.1, 0.15) is 0 Å². The average Bonchev–Trinajstić information content (AvgIpc) is 3.72. The minimum Gasteiger partial charge on any atom is -0.505 e. The Hall–Kier alpha value is -5.84. The summed E-state index contributed by atoms with van der Waals surface area (Å²) in [6.45, 7) is 3.66. The van der Waals surface area contributed by atoms with Crippen LogP contribution in [0.1, 0.15) is 33.7 Å². The fraction of sp³-hybridized carbons (Fsp3) is 0.188. The summed E-state index contributed by atoms with van der Waals surface area (Å²) in [6.07, 6.45) is 2.58. The molecule has 18 nitrogen and oxygen atoms in total. The van der Waals surface area contributed by atoms with E-state index in [9.17, 15) is 46.2 Å². The van der Waals surface area contributed by atoms with Crippen LogP contribution in [0, 0.1) is 13.8 Å². The number of rotatable bonds is 7. The zero-order chi connectivity index (χ0) is 40.1. The summed E-state index contributed by atoms with van der Waals surface area (Å²) in [4.78, 5) is 53.8. The van der Waals surface area contributed by atoms with E-state index in [1.807, 2.05) is 13.8 Å². The van der Waals surface area contributed by atoms with Crippen LogP contribution in [0.2, 0.25) is 0 Å². The molecule has 4 heterocycles. The Balaban J connectivity index is 0.000000201. The van der Waals surface area contributed by atoms with Gasteiger partial charge in [0.2, 0.25) is 0 Å². The monoisotopic (exact) mass is 820 g/mol. The minimum absolute atomic E-state index is 0.0401. The molecule has 0 aliphatic carbocycles. The van der Waals surface area contributed by atoms with Crippen molar-refractivity contribution in [2.75, 3.05) is 24.7 Å². The molecule has 0 fully saturated rings. The maximum Gasteiger partial charge on any atom is 0.303 e. The van der Waals surface area contributed by atoms with E-state index in [4.69, 9.17) is 10.2 Å². The van der Waals surface area contributed by atoms with Crippen molar-refractivity contribution in [3.8, 4) is 0 Å². The van der Waals surface area contributed by atoms with E-state index in [1.54, 1.807) is 36.7 Å². The van der Waals surface area contributed by atoms with Gasteiger partial charge >= 0.3 is 11.9 Å². The third-order valence-corrected chi connectivity index (χ3v) is 12.6. The van der Waals surface area contributed by atoms with Crippen molar-refractivity contribution >= 4 is 88.3 Å². The third kappa shape index (κ3) is 8.85. The Morgan fingerprint density at radius 3 is 1.28 bits per heavy atom. The van der Waals surface area contributed by atoms with E-state index in [-0.39, 0.29) is 56.7 Å². The molecule has 286 valence electrons. The third-order valence-electron chi connectivity index (χ3n) is 7.31. The van der Waals surface area contributed by atoms with Crippen LogP contribution in [0.25, 0.3) is 11.5 Å². The van der Waals surface area contributed by atoms with Gasteiger partial charge in [-0.1, -0.05) is 24.3 Å². The van der Waals surface area contributed by atoms with E-state index < -0.39 is 43.8 Å². The molecular weight excluding hydrogens is 789 g/mol. The quantitative estimate of drug-likeness (QED) is 0.155. The smallest absolute Gasteiger partial charge is 0.303 e. The number of aromatic nitrogens is 2. The lowest BCUT2D eigenvalue weighted by Gasteiger charge is -2.28. The van der Waals surface area contributed by atoms with Crippen molar-refractivity contribution in [3.63, 3.8) is 0 Å². The van der Waals surface area contributed by atoms with Crippen LogP contribution >= 0.6 is 22.7 Å². The van der Waals surface area contributed by atoms with Gasteiger partial charge in [-0.25, -0.2) is 26.8 Å². The number of amides is 2. The summed E-state index contributed by atoms with van der Waals surface area (Å²) in [5.74, 6) is -4.40. The summed E-state index contributed by atoms with van der Waals surface area (Å²) < 4.78 is 51.6. The van der Waals surface area contributed by atoms with E-state index in [2.05, 4.69) is 20.6 Å². The highest BCUT2D eigenvalue weighted by Crippen LogP contribution is 2.36. The lowest BCUT2D eigenvalue weighted by atomic mass is 10.1. The normalized spacial score (nSPS) is 15.0. The number of likely N-dealkylation sites (N-methyl/N-ethyl adjacent to an activating group) is 2. The second-order valence-corrected chi connectivity index (χ2v) is 17.4. The number of hydrogen-bond acceptors (Lipinski definition) is 14. The number of carbonyl (C=O) groups is 4. The molecule has 2 aromatic heterocycles. The van der Waals surface area contributed by atoms with Crippen LogP contribution in [0.15, 0.2) is 82.1 Å². The van der Waals surface area contributed by atoms with E-state index >= 15 is 0 Å². The Bertz CT molecular complexity index is 2250. The number of nitrogens with zero attached hydrogens (tertiary/aromatic N) is 4. The van der Waals surface area contributed by atoms with E-state index in [0.717, 1.165) is 18.4 Å². The number of aliphatic hydroxyl groups is 2. The van der Waals surface area contributed by atoms with Crippen molar-refractivity contribution in [2.24, 2.45) is 0 Å². The number of carboxylic acids is 2. The zero-order valence-corrected chi connectivity index (χ0v) is 31.9. The summed E-state index contributed by atoms with van der Waals surface area (Å²) in [5, 5.41) is 42.2. The highest BCUT2D eigenvalue weighted by atomic mass is 32.2. The molecule has 0 saturated carbocycles. The van der Waals surface area contributed by atoms with Gasteiger partial charge in [-0.05, 0) is 38.1 Å². The van der Waals surface area contributed by atoms with Crippen LogP contribution < -0.4 is 10.6 Å². The molecule has 0 unspecified atom stereocenters. The number of aliphatic hydroxyl groups excluding tert-OH is 2. The van der Waals surface area contributed by atoms with Crippen LogP contribution in [-0.2, 0) is 39.2 Å². The minimum atomic E-state index is -3.90. The fourth-order valence-electron chi connectivity index (χ4n) is 4.72. The molecule has 2 aliphatic rings. The summed E-state index contributed by atoms with van der Waals surface area (Å²) in [6, 6.07) is 12.0. The molecule has 4 aromatic rings. The van der Waals surface area contributed by atoms with Crippen molar-refractivity contribution in [1.29, 1.82) is 0 Å². The maximum atomic E-state index is 12.5. The number of benzene rings is 2. The van der Waals surface area contributed by atoms with Gasteiger partial charge in [-0.2, -0.15) is 0 Å². The Morgan fingerprint density at radius 1 is 0.648 bits per heavy atom. The van der Waals surface area contributed by atoms with Crippen molar-refractivity contribution in [1.82, 2.24) is 18.6 Å². The lowest BCUT2D eigenvalue weighted by Crippen LogP contribution is -2.37. The molecule has 0 radical (unpaired) electrons. The molecule has 22 heteroatoms. The maximum absolute atomic E-state index is 12.5. The molecule has 0 bridgehead atoms. The Labute approximate surface area is 316 Å². The van der Waals surface area contributed by atoms with E-state index in [0.29, 0.717) is 10.3 Å². The van der Waals surface area contributed by atoms with Crippen molar-refractivity contribution in [2.45, 2.75) is 36.5 Å². The Kier molecular flexibility index (Phi) is 12.5. The van der Waals surface area contributed by atoms with Crippen LogP contribution in [0.3, 0.4) is 0 Å². The molecule has 0 atom stereocenters. The predicted octanol–water partition coefficient (Wildman–Crippen LogP) is 3.84. The number of thiazole rings is 2. The first-order valence-corrected chi connectivity index (χ1v) is 19.7. The first-order chi connectivity index (χ1) is 25.3. The molecule has 2 aliphatic heterocycles. The second kappa shape index (κ2) is 16.4. The molecule has 2 amide bonds. The number of fused-ring (bicyclic) bond motifs is 2. The van der Waals surface area contributed by atoms with Gasteiger partial charge in [0.25, 0.3) is 31.9 Å². The zero-order valence-electron chi connectivity index (χ0n) is 28.7. The number of hydrogen-bond donors (Lipinski definition) is 6. The summed E-state index contributed by atoms with van der Waals surface area (Å²) in [5.41, 5.74) is -0.467. The van der Waals surface area contributed by atoms with Gasteiger partial charge in [-0.15, -0.1) is 22.7 Å². The second-order valence-electron chi connectivity index (χ2n) is 11.1. The van der Waals surface area contributed by atoms with Gasteiger partial charge in [-0.3, -0.25) is 38.4 Å². The number of sulfonamides is 2. The molecule has 6 rings (SSSR count). The predicted molar refractivity (Wildman–Crippen MR) is 197 cm³/mol. The molecule has 0 saturated heterocycles. The summed E-state index contributed by atoms with van der Waals surface area (Å²) in [7, 11) is -5.34. The first kappa shape index (κ1) is 40.9. The largest absolute Gasteiger partial charge is 0.505 e. The van der Waals surface area contributed by atoms with Gasteiger partial charge in [0, 0.05) is 47.4 Å². The SMILES string of the molecule is Cc1cnc(NC(=O)C2=C(O)c3ccccc3S(=O)(=O)N2C)s1.Cc1cnc(NC(=O)C2=C(O)c3ccccc3S(=O)(=O)N2C)s1.O=C(O)CCC(=O)O.